The third-order valence-corrected chi connectivity index (χ3v) is 6.70. The minimum Gasteiger partial charge on any atom is -0.368 e. The summed E-state index contributed by atoms with van der Waals surface area (Å²) in [4.78, 5) is 14.2. The monoisotopic (exact) mass is 463 g/mol. The van der Waals surface area contributed by atoms with E-state index in [1.807, 2.05) is 18.2 Å². The molecule has 5 nitrogen and oxygen atoms in total. The minimum atomic E-state index is -0.206. The number of hydrogen-bond acceptors (Lipinski definition) is 4. The van der Waals surface area contributed by atoms with Gasteiger partial charge in [-0.2, -0.15) is 0 Å². The summed E-state index contributed by atoms with van der Waals surface area (Å²) in [7, 11) is 0. The Bertz CT molecular complexity index is 1470. The van der Waals surface area contributed by atoms with Crippen molar-refractivity contribution < 1.29 is 4.39 Å². The number of fused-ring (bicyclic) bond motifs is 1. The first-order chi connectivity index (χ1) is 17.2. The van der Waals surface area contributed by atoms with Gasteiger partial charge in [0.05, 0.1) is 5.39 Å². The second-order valence-corrected chi connectivity index (χ2v) is 8.96. The van der Waals surface area contributed by atoms with Crippen LogP contribution in [0.2, 0.25) is 0 Å². The smallest absolute Gasteiger partial charge is 0.150 e. The Hall–Kier alpha value is -4.19. The van der Waals surface area contributed by atoms with Gasteiger partial charge in [0.15, 0.2) is 5.65 Å². The van der Waals surface area contributed by atoms with E-state index in [0.29, 0.717) is 0 Å². The molecule has 1 aliphatic heterocycles. The summed E-state index contributed by atoms with van der Waals surface area (Å²) in [5, 5.41) is 1.07. The van der Waals surface area contributed by atoms with Crippen LogP contribution in [0.1, 0.15) is 5.56 Å². The molecule has 0 amide bonds. The maximum absolute atomic E-state index is 13.4. The van der Waals surface area contributed by atoms with E-state index < -0.39 is 0 Å². The molecule has 174 valence electrons. The van der Waals surface area contributed by atoms with Gasteiger partial charge in [-0.25, -0.2) is 14.4 Å². The first-order valence-electron chi connectivity index (χ1n) is 11.9. The number of halogens is 1. The molecular formula is C29H26FN5. The van der Waals surface area contributed by atoms with E-state index in [2.05, 4.69) is 76.0 Å². The second kappa shape index (κ2) is 8.87. The van der Waals surface area contributed by atoms with Crippen molar-refractivity contribution in [1.82, 2.24) is 14.5 Å². The summed E-state index contributed by atoms with van der Waals surface area (Å²) in [6.07, 6.45) is 3.85. The van der Waals surface area contributed by atoms with Gasteiger partial charge in [-0.05, 0) is 54.4 Å². The number of hydrogen-bond donors (Lipinski definition) is 0. The molecule has 6 rings (SSSR count). The van der Waals surface area contributed by atoms with Crippen molar-refractivity contribution in [3.8, 4) is 16.8 Å². The average Bonchev–Trinajstić information content (AvgIpc) is 3.30. The molecule has 0 bridgehead atoms. The molecule has 3 aromatic carbocycles. The normalized spacial score (nSPS) is 14.0. The van der Waals surface area contributed by atoms with Crippen LogP contribution in [0.25, 0.3) is 27.8 Å². The third kappa shape index (κ3) is 4.01. The van der Waals surface area contributed by atoms with Gasteiger partial charge < -0.3 is 14.4 Å². The lowest BCUT2D eigenvalue weighted by molar-refractivity contribution is 0.624. The molecule has 0 saturated carbocycles. The molecule has 35 heavy (non-hydrogen) atoms. The Kier molecular flexibility index (Phi) is 5.41. The van der Waals surface area contributed by atoms with Crippen LogP contribution >= 0.6 is 0 Å². The van der Waals surface area contributed by atoms with Crippen molar-refractivity contribution in [2.24, 2.45) is 0 Å². The molecule has 0 radical (unpaired) electrons. The number of rotatable bonds is 4. The van der Waals surface area contributed by atoms with Gasteiger partial charge in [0.1, 0.15) is 18.0 Å². The Balaban J connectivity index is 1.42. The molecule has 5 aromatic rings. The van der Waals surface area contributed by atoms with Gasteiger partial charge in [-0.3, -0.25) is 0 Å². The highest BCUT2D eigenvalue weighted by molar-refractivity contribution is 6.02. The van der Waals surface area contributed by atoms with E-state index in [4.69, 9.17) is 9.97 Å². The van der Waals surface area contributed by atoms with Crippen LogP contribution in [0.4, 0.5) is 15.9 Å². The van der Waals surface area contributed by atoms with Crippen LogP contribution in [0.5, 0.6) is 0 Å². The third-order valence-electron chi connectivity index (χ3n) is 6.70. The van der Waals surface area contributed by atoms with E-state index in [0.717, 1.165) is 65.5 Å². The molecule has 0 N–H and O–H groups in total. The number of benzene rings is 3. The molecule has 3 heterocycles. The maximum atomic E-state index is 13.4. The zero-order chi connectivity index (χ0) is 23.8. The van der Waals surface area contributed by atoms with Gasteiger partial charge in [-0.1, -0.05) is 42.5 Å². The summed E-state index contributed by atoms with van der Waals surface area (Å²) < 4.78 is 15.5. The zero-order valence-electron chi connectivity index (χ0n) is 19.6. The van der Waals surface area contributed by atoms with E-state index in [-0.39, 0.29) is 5.82 Å². The van der Waals surface area contributed by atoms with E-state index >= 15 is 0 Å². The van der Waals surface area contributed by atoms with Gasteiger partial charge >= 0.3 is 0 Å². The van der Waals surface area contributed by atoms with Crippen LogP contribution in [-0.4, -0.2) is 40.7 Å². The second-order valence-electron chi connectivity index (χ2n) is 8.96. The fourth-order valence-electron chi connectivity index (χ4n) is 4.93. The highest BCUT2D eigenvalue weighted by atomic mass is 19.1. The van der Waals surface area contributed by atoms with Crippen molar-refractivity contribution in [3.05, 3.63) is 103 Å². The number of anilines is 2. The molecule has 0 aliphatic carbocycles. The number of aryl methyl sites for hydroxylation is 1. The van der Waals surface area contributed by atoms with Gasteiger partial charge in [-0.15, -0.1) is 0 Å². The summed E-state index contributed by atoms with van der Waals surface area (Å²) in [5.74, 6) is 0.751. The first-order valence-corrected chi connectivity index (χ1v) is 11.9. The lowest BCUT2D eigenvalue weighted by Crippen LogP contribution is -2.46. The fraction of sp³-hybridized carbons (Fsp3) is 0.172. The lowest BCUT2D eigenvalue weighted by atomic mass is 10.1. The molecule has 2 aromatic heterocycles. The predicted molar refractivity (Wildman–Crippen MR) is 140 cm³/mol. The summed E-state index contributed by atoms with van der Waals surface area (Å²) in [6, 6.07) is 25.7. The number of aromatic nitrogens is 3. The van der Waals surface area contributed by atoms with Gasteiger partial charge in [0, 0.05) is 49.3 Å². The Morgan fingerprint density at radius 2 is 1.49 bits per heavy atom. The van der Waals surface area contributed by atoms with E-state index in [1.54, 1.807) is 6.33 Å². The fourth-order valence-corrected chi connectivity index (χ4v) is 4.93. The summed E-state index contributed by atoms with van der Waals surface area (Å²) in [6.45, 7) is 5.45. The van der Waals surface area contributed by atoms with Crippen LogP contribution in [-0.2, 0) is 0 Å². The van der Waals surface area contributed by atoms with E-state index in [1.165, 1.54) is 17.7 Å². The summed E-state index contributed by atoms with van der Waals surface area (Å²) in [5.41, 5.74) is 6.51. The standard InChI is InChI=1S/C29H26FN5/c1-21-6-5-9-25(18-21)35-19-26(22-7-3-2-4-8-22)27-28(31-20-32-29(27)35)34-16-14-33(15-17-34)24-12-10-23(30)11-13-24/h2-13,18-20H,14-17H2,1H3. The molecule has 1 saturated heterocycles. The highest BCUT2D eigenvalue weighted by Gasteiger charge is 2.24. The summed E-state index contributed by atoms with van der Waals surface area (Å²) >= 11 is 0. The molecular weight excluding hydrogens is 437 g/mol. The predicted octanol–water partition coefficient (Wildman–Crippen LogP) is 5.86. The molecule has 1 fully saturated rings. The molecule has 1 aliphatic rings. The van der Waals surface area contributed by atoms with Gasteiger partial charge in [0.25, 0.3) is 0 Å². The van der Waals surface area contributed by atoms with Crippen molar-refractivity contribution >= 4 is 22.5 Å². The Morgan fingerprint density at radius 1 is 0.743 bits per heavy atom. The number of nitrogens with zero attached hydrogens (tertiary/aromatic N) is 5. The average molecular weight is 464 g/mol. The highest BCUT2D eigenvalue weighted by Crippen LogP contribution is 2.37. The first kappa shape index (κ1) is 21.4. The van der Waals surface area contributed by atoms with Crippen molar-refractivity contribution in [2.45, 2.75) is 6.92 Å². The topological polar surface area (TPSA) is 37.2 Å². The Morgan fingerprint density at radius 3 is 2.23 bits per heavy atom. The molecule has 6 heteroatoms. The molecule has 0 spiro atoms. The minimum absolute atomic E-state index is 0.206. The quantitative estimate of drug-likeness (QED) is 0.335. The maximum Gasteiger partial charge on any atom is 0.150 e. The van der Waals surface area contributed by atoms with Crippen molar-refractivity contribution in [2.75, 3.05) is 36.0 Å². The number of piperazine rings is 1. The Labute approximate surface area is 204 Å². The SMILES string of the molecule is Cc1cccc(-n2cc(-c3ccccc3)c3c(N4CCN(c5ccc(F)cc5)CC4)ncnc32)c1. The molecule has 0 atom stereocenters. The lowest BCUT2D eigenvalue weighted by Gasteiger charge is -2.37. The van der Waals surface area contributed by atoms with Crippen LogP contribution in [0.15, 0.2) is 91.4 Å². The van der Waals surface area contributed by atoms with Crippen LogP contribution in [0, 0.1) is 12.7 Å². The van der Waals surface area contributed by atoms with Crippen LogP contribution < -0.4 is 9.80 Å². The van der Waals surface area contributed by atoms with Crippen molar-refractivity contribution in [1.29, 1.82) is 0 Å². The zero-order valence-corrected chi connectivity index (χ0v) is 19.6. The largest absolute Gasteiger partial charge is 0.368 e. The van der Waals surface area contributed by atoms with Crippen molar-refractivity contribution in [3.63, 3.8) is 0 Å². The van der Waals surface area contributed by atoms with Crippen LogP contribution in [0.3, 0.4) is 0 Å². The van der Waals surface area contributed by atoms with Gasteiger partial charge in [0.2, 0.25) is 0 Å². The van der Waals surface area contributed by atoms with E-state index in [9.17, 15) is 4.39 Å². The molecule has 0 unspecified atom stereocenters.